The van der Waals surface area contributed by atoms with E-state index in [-0.39, 0.29) is 0 Å². The Kier molecular flexibility index (Phi) is 3.45. The van der Waals surface area contributed by atoms with Gasteiger partial charge in [0.1, 0.15) is 18.2 Å². The first-order valence-electron chi connectivity index (χ1n) is 7.75. The van der Waals surface area contributed by atoms with Gasteiger partial charge in [-0.1, -0.05) is 0 Å². The van der Waals surface area contributed by atoms with Crippen LogP contribution in [0.3, 0.4) is 0 Å². The smallest absolute Gasteiger partial charge is 0.198 e. The van der Waals surface area contributed by atoms with E-state index in [0.29, 0.717) is 12.6 Å². The quantitative estimate of drug-likeness (QED) is 0.591. The number of imidazole rings is 1. The number of aromatic amines is 1. The fourth-order valence-electron chi connectivity index (χ4n) is 2.82. The zero-order valence-electron chi connectivity index (χ0n) is 13.3. The molecule has 7 heteroatoms. The fraction of sp³-hybridized carbons (Fsp3) is 0.176. The van der Waals surface area contributed by atoms with Gasteiger partial charge in [0.2, 0.25) is 0 Å². The Morgan fingerprint density at radius 1 is 1.21 bits per heavy atom. The van der Waals surface area contributed by atoms with Gasteiger partial charge in [0.25, 0.3) is 0 Å². The largest absolute Gasteiger partial charge is 0.490 e. The number of nitrogen functional groups attached to an aromatic ring is 1. The van der Waals surface area contributed by atoms with Gasteiger partial charge in [-0.15, -0.1) is 0 Å². The molecular weight excluding hydrogens is 304 g/mol. The van der Waals surface area contributed by atoms with Crippen molar-refractivity contribution in [3.8, 4) is 28.3 Å². The first-order valence-corrected chi connectivity index (χ1v) is 7.75. The highest BCUT2D eigenvalue weighted by molar-refractivity contribution is 5.83. The van der Waals surface area contributed by atoms with Gasteiger partial charge >= 0.3 is 0 Å². The minimum Gasteiger partial charge on any atom is -0.490 e. The van der Waals surface area contributed by atoms with Gasteiger partial charge in [-0.2, -0.15) is 0 Å². The summed E-state index contributed by atoms with van der Waals surface area (Å²) in [6, 6.07) is 9.86. The van der Waals surface area contributed by atoms with Crippen LogP contribution < -0.4 is 21.1 Å². The molecule has 122 valence electrons. The number of hydrogen-bond acceptors (Lipinski definition) is 6. The predicted molar refractivity (Wildman–Crippen MR) is 95.2 cm³/mol. The number of hydrogen-bond donors (Lipinski definition) is 4. The second-order valence-electron chi connectivity index (χ2n) is 5.51. The number of fused-ring (bicyclic) bond motifs is 1. The number of anilines is 3. The molecule has 3 aromatic rings. The number of ether oxygens (including phenoxy) is 1. The molecular formula is C17H18N6O. The summed E-state index contributed by atoms with van der Waals surface area (Å²) in [6.07, 6.45) is 1.75. The molecule has 0 fully saturated rings. The summed E-state index contributed by atoms with van der Waals surface area (Å²) in [4.78, 5) is 11.9. The Morgan fingerprint density at radius 3 is 3.00 bits per heavy atom. The van der Waals surface area contributed by atoms with E-state index in [4.69, 9.17) is 10.5 Å². The molecule has 0 radical (unpaired) electrons. The molecule has 0 aliphatic carbocycles. The first-order chi connectivity index (χ1) is 11.7. The topological polar surface area (TPSA) is 101 Å². The molecule has 1 aliphatic heterocycles. The molecule has 0 saturated carbocycles. The number of H-pyrrole nitrogens is 1. The van der Waals surface area contributed by atoms with Crippen LogP contribution in [0.15, 0.2) is 36.5 Å². The van der Waals surface area contributed by atoms with Crippen LogP contribution in [-0.4, -0.2) is 35.2 Å². The van der Waals surface area contributed by atoms with Crippen LogP contribution in [0.25, 0.3) is 22.5 Å². The molecule has 5 N–H and O–H groups in total. The van der Waals surface area contributed by atoms with E-state index < -0.39 is 0 Å². The van der Waals surface area contributed by atoms with Crippen molar-refractivity contribution < 1.29 is 4.74 Å². The summed E-state index contributed by atoms with van der Waals surface area (Å²) >= 11 is 0. The van der Waals surface area contributed by atoms with Gasteiger partial charge in [0.05, 0.1) is 17.1 Å². The molecule has 1 aliphatic rings. The van der Waals surface area contributed by atoms with Crippen LogP contribution in [0, 0.1) is 0 Å². The average molecular weight is 322 g/mol. The Labute approximate surface area is 139 Å². The summed E-state index contributed by atoms with van der Waals surface area (Å²) in [5, 5.41) is 6.38. The van der Waals surface area contributed by atoms with Crippen LogP contribution in [-0.2, 0) is 0 Å². The molecule has 24 heavy (non-hydrogen) atoms. The summed E-state index contributed by atoms with van der Waals surface area (Å²) in [7, 11) is 1.84. The van der Waals surface area contributed by atoms with Gasteiger partial charge in [-0.05, 0) is 30.3 Å². The zero-order valence-corrected chi connectivity index (χ0v) is 13.3. The van der Waals surface area contributed by atoms with Crippen molar-refractivity contribution in [1.29, 1.82) is 0 Å². The monoisotopic (exact) mass is 322 g/mol. The number of nitrogens with zero attached hydrogens (tertiary/aromatic N) is 2. The van der Waals surface area contributed by atoms with Crippen LogP contribution in [0.1, 0.15) is 0 Å². The van der Waals surface area contributed by atoms with Crippen LogP contribution in [0.4, 0.5) is 17.5 Å². The molecule has 7 nitrogen and oxygen atoms in total. The van der Waals surface area contributed by atoms with Crippen molar-refractivity contribution >= 4 is 17.5 Å². The van der Waals surface area contributed by atoms with E-state index in [1.807, 2.05) is 37.4 Å². The van der Waals surface area contributed by atoms with Crippen LogP contribution in [0.5, 0.6) is 5.75 Å². The first kappa shape index (κ1) is 14.4. The highest BCUT2D eigenvalue weighted by atomic mass is 16.5. The molecule has 1 aromatic carbocycles. The number of benzene rings is 1. The van der Waals surface area contributed by atoms with Crippen molar-refractivity contribution in [2.24, 2.45) is 0 Å². The summed E-state index contributed by atoms with van der Waals surface area (Å²) in [5.41, 5.74) is 10.5. The van der Waals surface area contributed by atoms with E-state index in [9.17, 15) is 0 Å². The SMILES string of the molecule is CNc1cc(-c2[nH]c(N)nc2-c2ccc3c(c2)NCCO3)ccn1. The van der Waals surface area contributed by atoms with Gasteiger partial charge in [-0.25, -0.2) is 9.97 Å². The lowest BCUT2D eigenvalue weighted by Crippen LogP contribution is -2.17. The molecule has 0 amide bonds. The highest BCUT2D eigenvalue weighted by Crippen LogP contribution is 2.36. The van der Waals surface area contributed by atoms with Gasteiger partial charge in [0, 0.05) is 30.9 Å². The third-order valence-corrected chi connectivity index (χ3v) is 3.95. The van der Waals surface area contributed by atoms with Crippen molar-refractivity contribution in [1.82, 2.24) is 15.0 Å². The number of nitrogens with one attached hydrogen (secondary N) is 3. The maximum absolute atomic E-state index is 5.92. The lowest BCUT2D eigenvalue weighted by Gasteiger charge is -2.19. The molecule has 0 unspecified atom stereocenters. The normalized spacial score (nSPS) is 12.9. The maximum Gasteiger partial charge on any atom is 0.198 e. The lowest BCUT2D eigenvalue weighted by molar-refractivity contribution is 0.323. The Bertz CT molecular complexity index is 889. The van der Waals surface area contributed by atoms with Crippen molar-refractivity contribution in [3.05, 3.63) is 36.5 Å². The molecule has 2 aromatic heterocycles. The number of rotatable bonds is 3. The van der Waals surface area contributed by atoms with E-state index in [1.165, 1.54) is 0 Å². The molecule has 0 atom stereocenters. The third kappa shape index (κ3) is 2.50. The Hall–Kier alpha value is -3.22. The highest BCUT2D eigenvalue weighted by Gasteiger charge is 2.17. The summed E-state index contributed by atoms with van der Waals surface area (Å²) in [6.45, 7) is 1.47. The zero-order chi connectivity index (χ0) is 16.5. The average Bonchev–Trinajstić information content (AvgIpc) is 3.03. The molecule has 0 saturated heterocycles. The maximum atomic E-state index is 5.92. The molecule has 0 bridgehead atoms. The Morgan fingerprint density at radius 2 is 2.12 bits per heavy atom. The number of aromatic nitrogens is 3. The fourth-order valence-corrected chi connectivity index (χ4v) is 2.82. The van der Waals surface area contributed by atoms with Crippen LogP contribution in [0.2, 0.25) is 0 Å². The lowest BCUT2D eigenvalue weighted by atomic mass is 10.0. The molecule has 0 spiro atoms. The minimum absolute atomic E-state index is 0.379. The molecule has 3 heterocycles. The van der Waals surface area contributed by atoms with E-state index >= 15 is 0 Å². The van der Waals surface area contributed by atoms with E-state index in [0.717, 1.165) is 46.3 Å². The second-order valence-corrected chi connectivity index (χ2v) is 5.51. The van der Waals surface area contributed by atoms with Crippen molar-refractivity contribution in [2.45, 2.75) is 0 Å². The van der Waals surface area contributed by atoms with E-state index in [1.54, 1.807) is 6.20 Å². The van der Waals surface area contributed by atoms with E-state index in [2.05, 4.69) is 25.6 Å². The van der Waals surface area contributed by atoms with Crippen LogP contribution >= 0.6 is 0 Å². The molecule has 4 rings (SSSR count). The Balaban J connectivity index is 1.81. The van der Waals surface area contributed by atoms with Crippen molar-refractivity contribution in [3.63, 3.8) is 0 Å². The van der Waals surface area contributed by atoms with Gasteiger partial charge in [0.15, 0.2) is 5.95 Å². The number of pyridine rings is 1. The van der Waals surface area contributed by atoms with Crippen molar-refractivity contribution in [2.75, 3.05) is 36.6 Å². The second kappa shape index (κ2) is 5.77. The predicted octanol–water partition coefficient (Wildman–Crippen LogP) is 2.57. The summed E-state index contributed by atoms with van der Waals surface area (Å²) < 4.78 is 5.63. The number of nitrogens with two attached hydrogens (primary N) is 1. The standard InChI is InChI=1S/C17H18N6O/c1-19-14-9-11(4-5-21-14)16-15(22-17(18)23-16)10-2-3-13-12(8-10)20-6-7-24-13/h2-5,8-9,20H,6-7H2,1H3,(H,19,21)(H3,18,22,23). The minimum atomic E-state index is 0.379. The summed E-state index contributed by atoms with van der Waals surface area (Å²) in [5.74, 6) is 2.02. The third-order valence-electron chi connectivity index (χ3n) is 3.95. The van der Waals surface area contributed by atoms with Gasteiger partial charge < -0.3 is 26.1 Å². The van der Waals surface area contributed by atoms with Gasteiger partial charge in [-0.3, -0.25) is 0 Å².